The van der Waals surface area contributed by atoms with Gasteiger partial charge in [0.1, 0.15) is 5.82 Å². The van der Waals surface area contributed by atoms with Crippen LogP contribution in [0.4, 0.5) is 16.0 Å². The zero-order valence-corrected chi connectivity index (χ0v) is 18.9. The summed E-state index contributed by atoms with van der Waals surface area (Å²) < 4.78 is 25.3. The maximum absolute atomic E-state index is 15.0. The molecule has 2 atom stereocenters. The molecular formula is C25H27FN4O3. The van der Waals surface area contributed by atoms with Crippen LogP contribution < -0.4 is 5.32 Å². The number of morpholine rings is 1. The number of hydrogen-bond acceptors (Lipinski definition) is 7. The first-order valence-electron chi connectivity index (χ1n) is 10.9. The third-order valence-electron chi connectivity index (χ3n) is 5.78. The van der Waals surface area contributed by atoms with E-state index in [0.717, 1.165) is 18.7 Å². The second kappa shape index (κ2) is 10.1. The van der Waals surface area contributed by atoms with E-state index in [1.165, 1.54) is 13.2 Å². The second-order valence-electron chi connectivity index (χ2n) is 8.05. The number of methoxy groups -OCH3 is 1. The standard InChI is InChI=1S/C25H27FN4O3/c1-16-15-30(12-13-33-16)17(2)21-9-8-20(14-22(21)26)28-25-27-11-10-23(29-25)18-4-6-19(7-5-18)24(31)32-3/h4-11,14,16-17H,12-13,15H2,1-3H3,(H,27,28,29). The van der Waals surface area contributed by atoms with Crippen molar-refractivity contribution in [2.75, 3.05) is 32.1 Å². The lowest BCUT2D eigenvalue weighted by Gasteiger charge is -2.35. The number of nitrogens with one attached hydrogen (secondary N) is 1. The summed E-state index contributed by atoms with van der Waals surface area (Å²) in [4.78, 5) is 22.6. The van der Waals surface area contributed by atoms with Gasteiger partial charge in [-0.3, -0.25) is 4.90 Å². The van der Waals surface area contributed by atoms with Gasteiger partial charge in [0.05, 0.1) is 31.1 Å². The molecule has 0 bridgehead atoms. The molecule has 1 saturated heterocycles. The Labute approximate surface area is 192 Å². The normalized spacial score (nSPS) is 17.4. The highest BCUT2D eigenvalue weighted by molar-refractivity contribution is 5.89. The lowest BCUT2D eigenvalue weighted by atomic mass is 10.0. The molecule has 8 heteroatoms. The Morgan fingerprint density at radius 3 is 2.73 bits per heavy atom. The van der Waals surface area contributed by atoms with Gasteiger partial charge in [-0.25, -0.2) is 19.2 Å². The maximum atomic E-state index is 15.0. The van der Waals surface area contributed by atoms with Crippen LogP contribution in [0.3, 0.4) is 0 Å². The van der Waals surface area contributed by atoms with E-state index in [4.69, 9.17) is 9.47 Å². The zero-order valence-electron chi connectivity index (χ0n) is 18.9. The molecule has 0 amide bonds. The summed E-state index contributed by atoms with van der Waals surface area (Å²) in [6, 6.07) is 13.8. The molecule has 0 saturated carbocycles. The third-order valence-corrected chi connectivity index (χ3v) is 5.78. The minimum absolute atomic E-state index is 0.0436. The summed E-state index contributed by atoms with van der Waals surface area (Å²) in [5.74, 6) is -0.317. The average Bonchev–Trinajstić information content (AvgIpc) is 2.83. The first kappa shape index (κ1) is 22.8. The van der Waals surface area contributed by atoms with E-state index >= 15 is 0 Å². The van der Waals surface area contributed by atoms with E-state index in [0.29, 0.717) is 35.1 Å². The Balaban J connectivity index is 1.48. The molecule has 33 heavy (non-hydrogen) atoms. The quantitative estimate of drug-likeness (QED) is 0.550. The monoisotopic (exact) mass is 450 g/mol. The number of benzene rings is 2. The Kier molecular flexibility index (Phi) is 6.96. The summed E-state index contributed by atoms with van der Waals surface area (Å²) in [5.41, 5.74) is 3.18. The molecule has 1 aliphatic rings. The van der Waals surface area contributed by atoms with Gasteiger partial charge in [0.25, 0.3) is 0 Å². The molecule has 1 N–H and O–H groups in total. The van der Waals surface area contributed by atoms with Crippen molar-refractivity contribution in [3.63, 3.8) is 0 Å². The minimum Gasteiger partial charge on any atom is -0.465 e. The molecule has 0 spiro atoms. The Hall–Kier alpha value is -3.36. The summed E-state index contributed by atoms with van der Waals surface area (Å²) in [7, 11) is 1.34. The van der Waals surface area contributed by atoms with Crippen LogP contribution in [-0.4, -0.2) is 53.7 Å². The van der Waals surface area contributed by atoms with Crippen molar-refractivity contribution in [2.24, 2.45) is 0 Å². The van der Waals surface area contributed by atoms with Crippen molar-refractivity contribution >= 4 is 17.6 Å². The van der Waals surface area contributed by atoms with E-state index < -0.39 is 5.97 Å². The largest absolute Gasteiger partial charge is 0.465 e. The SMILES string of the molecule is COC(=O)c1ccc(-c2ccnc(Nc3ccc(C(C)N4CCOC(C)C4)c(F)c3)n2)cc1. The van der Waals surface area contributed by atoms with Crippen molar-refractivity contribution in [3.05, 3.63) is 71.7 Å². The summed E-state index contributed by atoms with van der Waals surface area (Å²) in [6.07, 6.45) is 1.77. The smallest absolute Gasteiger partial charge is 0.337 e. The Morgan fingerprint density at radius 2 is 2.03 bits per heavy atom. The van der Waals surface area contributed by atoms with Gasteiger partial charge in [-0.2, -0.15) is 0 Å². The van der Waals surface area contributed by atoms with Crippen LogP contribution in [0, 0.1) is 5.82 Å². The molecule has 2 heterocycles. The first-order valence-corrected chi connectivity index (χ1v) is 10.9. The molecule has 0 aliphatic carbocycles. The van der Waals surface area contributed by atoms with Crippen LogP contribution >= 0.6 is 0 Å². The highest BCUT2D eigenvalue weighted by atomic mass is 19.1. The lowest BCUT2D eigenvalue weighted by molar-refractivity contribution is -0.0323. The molecule has 4 rings (SSSR count). The number of rotatable bonds is 6. The van der Waals surface area contributed by atoms with Gasteiger partial charge in [0.2, 0.25) is 5.95 Å². The fourth-order valence-corrected chi connectivity index (χ4v) is 3.94. The first-order chi connectivity index (χ1) is 15.9. The Morgan fingerprint density at radius 1 is 1.24 bits per heavy atom. The minimum atomic E-state index is -0.394. The predicted octanol–water partition coefficient (Wildman–Crippen LogP) is 4.59. The van der Waals surface area contributed by atoms with Crippen LogP contribution in [0.25, 0.3) is 11.3 Å². The molecule has 2 aromatic carbocycles. The van der Waals surface area contributed by atoms with Crippen LogP contribution in [0.1, 0.15) is 35.8 Å². The highest BCUT2D eigenvalue weighted by Crippen LogP contribution is 2.28. The number of aromatic nitrogens is 2. The van der Waals surface area contributed by atoms with Gasteiger partial charge in [0.15, 0.2) is 0 Å². The number of anilines is 2. The van der Waals surface area contributed by atoms with Gasteiger partial charge in [-0.05, 0) is 44.2 Å². The second-order valence-corrected chi connectivity index (χ2v) is 8.05. The van der Waals surface area contributed by atoms with Gasteiger partial charge >= 0.3 is 5.97 Å². The van der Waals surface area contributed by atoms with Gasteiger partial charge in [0, 0.05) is 42.1 Å². The molecule has 3 aromatic rings. The number of hydrogen-bond donors (Lipinski definition) is 1. The molecule has 2 unspecified atom stereocenters. The average molecular weight is 451 g/mol. The molecule has 1 aromatic heterocycles. The zero-order chi connectivity index (χ0) is 23.4. The van der Waals surface area contributed by atoms with Gasteiger partial charge in [-0.15, -0.1) is 0 Å². The maximum Gasteiger partial charge on any atom is 0.337 e. The van der Waals surface area contributed by atoms with E-state index in [1.54, 1.807) is 42.6 Å². The van der Waals surface area contributed by atoms with Crippen LogP contribution in [0.15, 0.2) is 54.7 Å². The van der Waals surface area contributed by atoms with Crippen LogP contribution in [0.2, 0.25) is 0 Å². The predicted molar refractivity (Wildman–Crippen MR) is 124 cm³/mol. The third kappa shape index (κ3) is 5.35. The lowest BCUT2D eigenvalue weighted by Crippen LogP contribution is -2.42. The van der Waals surface area contributed by atoms with E-state index in [9.17, 15) is 9.18 Å². The fraction of sp³-hybridized carbons (Fsp3) is 0.320. The van der Waals surface area contributed by atoms with Crippen molar-refractivity contribution in [1.29, 1.82) is 0 Å². The van der Waals surface area contributed by atoms with Crippen LogP contribution in [-0.2, 0) is 9.47 Å². The van der Waals surface area contributed by atoms with Crippen LogP contribution in [0.5, 0.6) is 0 Å². The number of nitrogens with zero attached hydrogens (tertiary/aromatic N) is 3. The van der Waals surface area contributed by atoms with Gasteiger partial charge in [-0.1, -0.05) is 18.2 Å². The number of carbonyl (C=O) groups excluding carboxylic acids is 1. The topological polar surface area (TPSA) is 76.6 Å². The highest BCUT2D eigenvalue weighted by Gasteiger charge is 2.24. The van der Waals surface area contributed by atoms with Crippen molar-refractivity contribution in [3.8, 4) is 11.3 Å². The molecular weight excluding hydrogens is 423 g/mol. The molecule has 0 radical (unpaired) electrons. The number of esters is 1. The Bertz CT molecular complexity index is 1120. The van der Waals surface area contributed by atoms with Crippen molar-refractivity contribution in [2.45, 2.75) is 26.0 Å². The number of carbonyl (C=O) groups is 1. The molecule has 1 aliphatic heterocycles. The number of ether oxygens (including phenoxy) is 2. The number of halogens is 1. The van der Waals surface area contributed by atoms with E-state index in [1.807, 2.05) is 19.9 Å². The molecule has 7 nitrogen and oxygen atoms in total. The van der Waals surface area contributed by atoms with E-state index in [-0.39, 0.29) is 18.0 Å². The summed E-state index contributed by atoms with van der Waals surface area (Å²) in [5, 5.41) is 3.08. The summed E-state index contributed by atoms with van der Waals surface area (Å²) >= 11 is 0. The molecule has 172 valence electrons. The van der Waals surface area contributed by atoms with Gasteiger partial charge < -0.3 is 14.8 Å². The molecule has 1 fully saturated rings. The fourth-order valence-electron chi connectivity index (χ4n) is 3.94. The van der Waals surface area contributed by atoms with Crippen molar-refractivity contribution < 1.29 is 18.7 Å². The summed E-state index contributed by atoms with van der Waals surface area (Å²) in [6.45, 7) is 6.27. The van der Waals surface area contributed by atoms with Crippen molar-refractivity contribution in [1.82, 2.24) is 14.9 Å². The van der Waals surface area contributed by atoms with E-state index in [2.05, 4.69) is 20.2 Å².